The average Bonchev–Trinajstić information content (AvgIpc) is 2.83. The molecule has 0 aliphatic heterocycles. The number of hydrogen-bond acceptors (Lipinski definition) is 2. The standard InChI is InChI=1S/C24H20O2/c1-26-21-12-14-23-19(16-21)11-10-18-6-2-3-8-22(18)24(23)13-9-17-5-4-7-20(25)15-17/h2-9,12,14-16,25H,10-11H2,1H3. The molecule has 0 atom stereocenters. The molecule has 1 aliphatic rings. The van der Waals surface area contributed by atoms with Crippen LogP contribution in [-0.2, 0) is 12.8 Å². The summed E-state index contributed by atoms with van der Waals surface area (Å²) < 4.78 is 5.41. The van der Waals surface area contributed by atoms with E-state index in [1.807, 2.05) is 24.3 Å². The van der Waals surface area contributed by atoms with Crippen LogP contribution in [0.3, 0.4) is 0 Å². The fourth-order valence-electron chi connectivity index (χ4n) is 3.47. The van der Waals surface area contributed by atoms with Crippen molar-refractivity contribution in [2.75, 3.05) is 7.11 Å². The number of benzene rings is 3. The molecule has 3 aromatic carbocycles. The van der Waals surface area contributed by atoms with Gasteiger partial charge in [-0.15, -0.1) is 5.73 Å². The lowest BCUT2D eigenvalue weighted by atomic mass is 9.94. The van der Waals surface area contributed by atoms with Crippen LogP contribution in [0.15, 0.2) is 72.5 Å². The van der Waals surface area contributed by atoms with Gasteiger partial charge in [0, 0.05) is 5.57 Å². The number of hydrogen-bond donors (Lipinski definition) is 1. The van der Waals surface area contributed by atoms with Gasteiger partial charge in [0.1, 0.15) is 11.5 Å². The van der Waals surface area contributed by atoms with Gasteiger partial charge in [0.05, 0.1) is 7.11 Å². The molecule has 0 amide bonds. The van der Waals surface area contributed by atoms with Gasteiger partial charge < -0.3 is 9.84 Å². The maximum Gasteiger partial charge on any atom is 0.119 e. The highest BCUT2D eigenvalue weighted by Gasteiger charge is 2.18. The zero-order valence-corrected chi connectivity index (χ0v) is 14.7. The third-order valence-electron chi connectivity index (χ3n) is 4.79. The predicted molar refractivity (Wildman–Crippen MR) is 105 cm³/mol. The molecule has 3 aromatic rings. The van der Waals surface area contributed by atoms with Crippen molar-refractivity contribution in [3.8, 4) is 11.5 Å². The van der Waals surface area contributed by atoms with Crippen LogP contribution < -0.4 is 4.74 Å². The topological polar surface area (TPSA) is 29.5 Å². The minimum atomic E-state index is 0.261. The van der Waals surface area contributed by atoms with Gasteiger partial charge in [0.25, 0.3) is 0 Å². The van der Waals surface area contributed by atoms with Crippen LogP contribution in [0.1, 0.15) is 27.8 Å². The maximum atomic E-state index is 9.70. The lowest BCUT2D eigenvalue weighted by Crippen LogP contribution is -1.93. The van der Waals surface area contributed by atoms with Gasteiger partial charge in [-0.05, 0) is 77.1 Å². The second-order valence-electron chi connectivity index (χ2n) is 6.44. The quantitative estimate of drug-likeness (QED) is 0.646. The Morgan fingerprint density at radius 2 is 1.69 bits per heavy atom. The second-order valence-corrected chi connectivity index (χ2v) is 6.44. The molecule has 26 heavy (non-hydrogen) atoms. The molecule has 0 radical (unpaired) electrons. The number of methoxy groups -OCH3 is 1. The summed E-state index contributed by atoms with van der Waals surface area (Å²) in [5.74, 6) is 1.14. The summed E-state index contributed by atoms with van der Waals surface area (Å²) in [4.78, 5) is 0. The second kappa shape index (κ2) is 6.95. The average molecular weight is 340 g/mol. The molecule has 1 N–H and O–H groups in total. The molecule has 0 aromatic heterocycles. The Kier molecular flexibility index (Phi) is 4.35. The van der Waals surface area contributed by atoms with Crippen LogP contribution in [0.4, 0.5) is 0 Å². The van der Waals surface area contributed by atoms with Crippen LogP contribution in [0, 0.1) is 0 Å². The van der Waals surface area contributed by atoms with Gasteiger partial charge in [-0.1, -0.05) is 36.4 Å². The molecule has 0 heterocycles. The van der Waals surface area contributed by atoms with E-state index >= 15 is 0 Å². The molecule has 0 bridgehead atoms. The molecule has 4 rings (SSSR count). The maximum absolute atomic E-state index is 9.70. The highest BCUT2D eigenvalue weighted by molar-refractivity contribution is 5.85. The zero-order valence-electron chi connectivity index (χ0n) is 14.7. The van der Waals surface area contributed by atoms with Crippen LogP contribution in [0.25, 0.3) is 11.6 Å². The molecule has 0 saturated carbocycles. The van der Waals surface area contributed by atoms with E-state index < -0.39 is 0 Å². The van der Waals surface area contributed by atoms with Crippen LogP contribution >= 0.6 is 0 Å². The number of ether oxygens (including phenoxy) is 1. The molecule has 0 fully saturated rings. The Morgan fingerprint density at radius 1 is 0.885 bits per heavy atom. The summed E-state index contributed by atoms with van der Waals surface area (Å²) in [6, 6.07) is 22.0. The fraction of sp³-hybridized carbons (Fsp3) is 0.125. The summed E-state index contributed by atoms with van der Waals surface area (Å²) in [7, 11) is 1.70. The molecule has 0 saturated heterocycles. The lowest BCUT2D eigenvalue weighted by Gasteiger charge is -2.10. The van der Waals surface area contributed by atoms with Crippen molar-refractivity contribution in [1.82, 2.24) is 0 Å². The monoisotopic (exact) mass is 340 g/mol. The SMILES string of the molecule is COc1ccc2c(c1)CCc1ccccc1C2=C=Cc1cccc(O)c1. The van der Waals surface area contributed by atoms with E-state index in [2.05, 4.69) is 42.1 Å². The van der Waals surface area contributed by atoms with E-state index in [-0.39, 0.29) is 5.75 Å². The number of aromatic hydroxyl groups is 1. The van der Waals surface area contributed by atoms with Crippen LogP contribution in [0.5, 0.6) is 11.5 Å². The van der Waals surface area contributed by atoms with Gasteiger partial charge in [0.15, 0.2) is 0 Å². The summed E-state index contributed by atoms with van der Waals surface area (Å²) in [5, 5.41) is 9.70. The van der Waals surface area contributed by atoms with Crippen molar-refractivity contribution in [3.05, 3.63) is 100 Å². The number of rotatable bonds is 2. The lowest BCUT2D eigenvalue weighted by molar-refractivity contribution is 0.414. The third-order valence-corrected chi connectivity index (χ3v) is 4.79. The molecule has 0 spiro atoms. The minimum Gasteiger partial charge on any atom is -0.508 e. The summed E-state index contributed by atoms with van der Waals surface area (Å²) >= 11 is 0. The van der Waals surface area contributed by atoms with E-state index in [1.165, 1.54) is 22.3 Å². The van der Waals surface area contributed by atoms with E-state index in [1.54, 1.807) is 19.2 Å². The molecule has 2 nitrogen and oxygen atoms in total. The largest absolute Gasteiger partial charge is 0.508 e. The Morgan fingerprint density at radius 3 is 2.54 bits per heavy atom. The van der Waals surface area contributed by atoms with Crippen molar-refractivity contribution in [2.45, 2.75) is 12.8 Å². The van der Waals surface area contributed by atoms with Crippen LogP contribution in [0.2, 0.25) is 0 Å². The van der Waals surface area contributed by atoms with Crippen molar-refractivity contribution in [2.24, 2.45) is 0 Å². The number of aryl methyl sites for hydroxylation is 2. The van der Waals surface area contributed by atoms with Crippen molar-refractivity contribution in [3.63, 3.8) is 0 Å². The van der Waals surface area contributed by atoms with Gasteiger partial charge >= 0.3 is 0 Å². The van der Waals surface area contributed by atoms with Crippen molar-refractivity contribution >= 4 is 11.6 Å². The van der Waals surface area contributed by atoms with Crippen LogP contribution in [-0.4, -0.2) is 12.2 Å². The summed E-state index contributed by atoms with van der Waals surface area (Å²) in [6.07, 6.45) is 3.90. The first kappa shape index (κ1) is 16.3. The highest BCUT2D eigenvalue weighted by Crippen LogP contribution is 2.34. The predicted octanol–water partition coefficient (Wildman–Crippen LogP) is 5.24. The summed E-state index contributed by atoms with van der Waals surface area (Å²) in [5.41, 5.74) is 10.5. The molecular formula is C24H20O2. The Balaban J connectivity index is 1.93. The molecule has 2 heteroatoms. The molecule has 0 unspecified atom stereocenters. The number of fused-ring (bicyclic) bond motifs is 2. The fourth-order valence-corrected chi connectivity index (χ4v) is 3.47. The Hall–Kier alpha value is -3.22. The smallest absolute Gasteiger partial charge is 0.119 e. The normalized spacial score (nSPS) is 12.4. The Labute approximate surface area is 153 Å². The van der Waals surface area contributed by atoms with Gasteiger partial charge in [0.2, 0.25) is 0 Å². The Bertz CT molecular complexity index is 1020. The van der Waals surface area contributed by atoms with E-state index in [9.17, 15) is 5.11 Å². The zero-order chi connectivity index (χ0) is 17.9. The summed E-state index contributed by atoms with van der Waals surface area (Å²) in [6.45, 7) is 0. The van der Waals surface area contributed by atoms with Crippen molar-refractivity contribution < 1.29 is 9.84 Å². The first-order valence-electron chi connectivity index (χ1n) is 8.76. The van der Waals surface area contributed by atoms with E-state index in [0.717, 1.165) is 29.7 Å². The van der Waals surface area contributed by atoms with E-state index in [4.69, 9.17) is 4.74 Å². The minimum absolute atomic E-state index is 0.261. The first-order chi connectivity index (χ1) is 12.7. The van der Waals surface area contributed by atoms with E-state index in [0.29, 0.717) is 0 Å². The number of phenolic OH excluding ortho intramolecular Hbond substituents is 1. The van der Waals surface area contributed by atoms with Gasteiger partial charge in [-0.2, -0.15) is 0 Å². The van der Waals surface area contributed by atoms with Gasteiger partial charge in [-0.3, -0.25) is 0 Å². The first-order valence-corrected chi connectivity index (χ1v) is 8.76. The van der Waals surface area contributed by atoms with Crippen molar-refractivity contribution in [1.29, 1.82) is 0 Å². The molecular weight excluding hydrogens is 320 g/mol. The highest BCUT2D eigenvalue weighted by atomic mass is 16.5. The van der Waals surface area contributed by atoms with Gasteiger partial charge in [-0.25, -0.2) is 0 Å². The molecule has 128 valence electrons. The third kappa shape index (κ3) is 3.15. The number of phenols is 1. The molecule has 1 aliphatic carbocycles.